The van der Waals surface area contributed by atoms with Gasteiger partial charge in [-0.1, -0.05) is 18.2 Å². The molecule has 1 aliphatic rings. The Labute approximate surface area is 195 Å². The van der Waals surface area contributed by atoms with Gasteiger partial charge in [0.15, 0.2) is 0 Å². The highest BCUT2D eigenvalue weighted by molar-refractivity contribution is 6.17. The van der Waals surface area contributed by atoms with Crippen LogP contribution in [-0.2, 0) is 4.74 Å². The number of aromatic amines is 1. The van der Waals surface area contributed by atoms with Gasteiger partial charge in [0.2, 0.25) is 0 Å². The van der Waals surface area contributed by atoms with Crippen LogP contribution in [0.1, 0.15) is 20.7 Å². The molecule has 0 aliphatic carbocycles. The van der Waals surface area contributed by atoms with Crippen LogP contribution < -0.4 is 10.5 Å². The van der Waals surface area contributed by atoms with Gasteiger partial charge in [-0.3, -0.25) is 9.59 Å². The van der Waals surface area contributed by atoms with Crippen LogP contribution in [0, 0.1) is 0 Å². The number of carbonyl (C=O) groups excluding carboxylic acids is 2. The molecule has 34 heavy (non-hydrogen) atoms. The van der Waals surface area contributed by atoms with Gasteiger partial charge in [-0.2, -0.15) is 0 Å². The molecule has 1 saturated heterocycles. The molecule has 0 bridgehead atoms. The zero-order valence-electron chi connectivity index (χ0n) is 18.7. The number of rotatable bonds is 5. The number of carbonyl (C=O) groups is 2. The van der Waals surface area contributed by atoms with Gasteiger partial charge in [0.1, 0.15) is 5.75 Å². The molecule has 1 atom stereocenters. The van der Waals surface area contributed by atoms with Crippen molar-refractivity contribution >= 4 is 33.6 Å². The molecule has 0 saturated carbocycles. The third kappa shape index (κ3) is 3.76. The number of nitrogens with zero attached hydrogens (tertiary/aromatic N) is 1. The first-order valence-electron chi connectivity index (χ1n) is 11.0. The van der Waals surface area contributed by atoms with Crippen molar-refractivity contribution in [3.8, 4) is 16.9 Å². The number of amides is 2. The van der Waals surface area contributed by atoms with Crippen LogP contribution in [0.5, 0.6) is 5.75 Å². The number of nitrogens with one attached hydrogen (secondary N) is 1. The summed E-state index contributed by atoms with van der Waals surface area (Å²) in [5, 5.41) is 11.3. The van der Waals surface area contributed by atoms with Gasteiger partial charge in [0.05, 0.1) is 44.1 Å². The topological polar surface area (TPSA) is 118 Å². The van der Waals surface area contributed by atoms with Crippen molar-refractivity contribution in [3.05, 3.63) is 65.7 Å². The van der Waals surface area contributed by atoms with Gasteiger partial charge < -0.3 is 30.2 Å². The third-order valence-corrected chi connectivity index (χ3v) is 6.32. The fourth-order valence-electron chi connectivity index (χ4n) is 4.54. The molecular weight excluding hydrogens is 434 g/mol. The van der Waals surface area contributed by atoms with Gasteiger partial charge in [-0.05, 0) is 47.5 Å². The molecule has 0 spiro atoms. The number of fused-ring (bicyclic) bond motifs is 3. The average Bonchev–Trinajstić information content (AvgIpc) is 3.25. The number of aromatic nitrogens is 1. The summed E-state index contributed by atoms with van der Waals surface area (Å²) in [6.07, 6.45) is 0. The number of aliphatic hydroxyl groups is 1. The predicted molar refractivity (Wildman–Crippen MR) is 129 cm³/mol. The third-order valence-electron chi connectivity index (χ3n) is 6.32. The van der Waals surface area contributed by atoms with E-state index < -0.39 is 5.91 Å². The molecule has 4 N–H and O–H groups in total. The maximum absolute atomic E-state index is 13.2. The number of methoxy groups -OCH3 is 1. The molecule has 8 nitrogen and oxygen atoms in total. The number of H-pyrrole nitrogens is 1. The van der Waals surface area contributed by atoms with E-state index in [4.69, 9.17) is 15.2 Å². The van der Waals surface area contributed by atoms with E-state index in [1.807, 2.05) is 36.4 Å². The van der Waals surface area contributed by atoms with E-state index >= 15 is 0 Å². The van der Waals surface area contributed by atoms with Gasteiger partial charge in [0, 0.05) is 28.4 Å². The second-order valence-corrected chi connectivity index (χ2v) is 8.34. The zero-order valence-corrected chi connectivity index (χ0v) is 18.7. The Morgan fingerprint density at radius 2 is 2.00 bits per heavy atom. The normalized spacial score (nSPS) is 16.2. The lowest BCUT2D eigenvalue weighted by Gasteiger charge is -2.34. The minimum atomic E-state index is -0.545. The maximum Gasteiger partial charge on any atom is 0.254 e. The number of hydrogen-bond acceptors (Lipinski definition) is 5. The number of hydrogen-bond donors (Lipinski definition) is 3. The van der Waals surface area contributed by atoms with E-state index in [1.165, 1.54) is 0 Å². The Hall–Kier alpha value is -3.88. The standard InChI is InChI=1S/C26H25N3O5/c1-33-19-4-2-3-15(9-19)17-10-21-20-6-5-16(26(32)29-7-8-34-14-18(29)13-30)12-23(20)28-24(21)22(11-17)25(27)31/h2-6,9-12,18,28,30H,7-8,13-14H2,1H3,(H2,27,31). The Kier molecular flexibility index (Phi) is 5.69. The Balaban J connectivity index is 1.62. The van der Waals surface area contributed by atoms with Crippen molar-refractivity contribution in [1.82, 2.24) is 9.88 Å². The fourth-order valence-corrected chi connectivity index (χ4v) is 4.54. The van der Waals surface area contributed by atoms with Crippen LogP contribution in [-0.4, -0.2) is 66.3 Å². The van der Waals surface area contributed by atoms with E-state index in [-0.39, 0.29) is 18.6 Å². The molecule has 4 aromatic rings. The molecule has 5 rings (SSSR count). The first-order valence-corrected chi connectivity index (χ1v) is 11.0. The highest BCUT2D eigenvalue weighted by Gasteiger charge is 2.28. The summed E-state index contributed by atoms with van der Waals surface area (Å²) in [5.41, 5.74) is 9.67. The second-order valence-electron chi connectivity index (χ2n) is 8.34. The van der Waals surface area contributed by atoms with Crippen LogP contribution in [0.3, 0.4) is 0 Å². The number of nitrogens with two attached hydrogens (primary N) is 1. The quantitative estimate of drug-likeness (QED) is 0.424. The summed E-state index contributed by atoms with van der Waals surface area (Å²) < 4.78 is 10.7. The summed E-state index contributed by atoms with van der Waals surface area (Å²) in [7, 11) is 1.61. The van der Waals surface area contributed by atoms with Crippen molar-refractivity contribution in [1.29, 1.82) is 0 Å². The van der Waals surface area contributed by atoms with E-state index in [9.17, 15) is 14.7 Å². The summed E-state index contributed by atoms with van der Waals surface area (Å²) in [5.74, 6) is -0.00333. The van der Waals surface area contributed by atoms with Crippen LogP contribution >= 0.6 is 0 Å². The molecule has 1 fully saturated rings. The van der Waals surface area contributed by atoms with Crippen LogP contribution in [0.2, 0.25) is 0 Å². The molecule has 3 aromatic carbocycles. The first-order chi connectivity index (χ1) is 16.5. The van der Waals surface area contributed by atoms with Crippen LogP contribution in [0.4, 0.5) is 0 Å². The minimum Gasteiger partial charge on any atom is -0.497 e. The first kappa shape index (κ1) is 21.9. The lowest BCUT2D eigenvalue weighted by molar-refractivity contribution is -0.0183. The van der Waals surface area contributed by atoms with Crippen LogP contribution in [0.15, 0.2) is 54.6 Å². The monoisotopic (exact) mass is 459 g/mol. The Morgan fingerprint density at radius 1 is 1.15 bits per heavy atom. The molecule has 1 unspecified atom stereocenters. The van der Waals surface area contributed by atoms with Crippen molar-refractivity contribution < 1.29 is 24.2 Å². The Bertz CT molecular complexity index is 1410. The van der Waals surface area contributed by atoms with Crippen molar-refractivity contribution in [2.75, 3.05) is 33.5 Å². The number of benzene rings is 3. The van der Waals surface area contributed by atoms with E-state index in [0.717, 1.165) is 27.4 Å². The molecule has 174 valence electrons. The van der Waals surface area contributed by atoms with E-state index in [1.54, 1.807) is 30.2 Å². The largest absolute Gasteiger partial charge is 0.497 e. The highest BCUT2D eigenvalue weighted by Crippen LogP contribution is 2.34. The molecule has 2 amide bonds. The van der Waals surface area contributed by atoms with Gasteiger partial charge >= 0.3 is 0 Å². The van der Waals surface area contributed by atoms with Gasteiger partial charge in [0.25, 0.3) is 11.8 Å². The van der Waals surface area contributed by atoms with E-state index in [0.29, 0.717) is 42.2 Å². The summed E-state index contributed by atoms with van der Waals surface area (Å²) >= 11 is 0. The molecule has 0 radical (unpaired) electrons. The second kappa shape index (κ2) is 8.81. The molecular formula is C26H25N3O5. The average molecular weight is 460 g/mol. The smallest absolute Gasteiger partial charge is 0.254 e. The number of primary amides is 1. The van der Waals surface area contributed by atoms with Gasteiger partial charge in [-0.25, -0.2) is 0 Å². The Morgan fingerprint density at radius 3 is 2.76 bits per heavy atom. The number of morpholine rings is 1. The van der Waals surface area contributed by atoms with Crippen molar-refractivity contribution in [2.24, 2.45) is 5.73 Å². The summed E-state index contributed by atoms with van der Waals surface area (Å²) in [4.78, 5) is 30.4. The zero-order chi connectivity index (χ0) is 23.8. The SMILES string of the molecule is COc1cccc(-c2cc(C(N)=O)c3[nH]c4cc(C(=O)N5CCOCC5CO)ccc4c3c2)c1. The molecule has 1 aliphatic heterocycles. The molecule has 8 heteroatoms. The minimum absolute atomic E-state index is 0.157. The maximum atomic E-state index is 13.2. The van der Waals surface area contributed by atoms with Gasteiger partial charge in [-0.15, -0.1) is 0 Å². The molecule has 2 heterocycles. The summed E-state index contributed by atoms with van der Waals surface area (Å²) in [6.45, 7) is 1.01. The van der Waals surface area contributed by atoms with E-state index in [2.05, 4.69) is 4.98 Å². The lowest BCUT2D eigenvalue weighted by atomic mass is 9.98. The molecule has 1 aromatic heterocycles. The highest BCUT2D eigenvalue weighted by atomic mass is 16.5. The van der Waals surface area contributed by atoms with Crippen LogP contribution in [0.25, 0.3) is 32.9 Å². The fraction of sp³-hybridized carbons (Fsp3) is 0.231. The van der Waals surface area contributed by atoms with Crippen molar-refractivity contribution in [2.45, 2.75) is 6.04 Å². The number of aliphatic hydroxyl groups excluding tert-OH is 1. The lowest BCUT2D eigenvalue weighted by Crippen LogP contribution is -2.50. The predicted octanol–water partition coefficient (Wildman–Crippen LogP) is 2.93. The summed E-state index contributed by atoms with van der Waals surface area (Å²) in [6, 6.07) is 16.4. The van der Waals surface area contributed by atoms with Crippen molar-refractivity contribution in [3.63, 3.8) is 0 Å². The number of ether oxygens (including phenoxy) is 2.